The van der Waals surface area contributed by atoms with Crippen LogP contribution in [0.2, 0.25) is 0 Å². The van der Waals surface area contributed by atoms with Crippen molar-refractivity contribution in [2.45, 2.75) is 73.0 Å². The van der Waals surface area contributed by atoms with Crippen molar-refractivity contribution in [3.8, 4) is 33.8 Å². The Bertz CT molecular complexity index is 1360. The van der Waals surface area contributed by atoms with Gasteiger partial charge in [-0.15, -0.1) is 0 Å². The smallest absolute Gasteiger partial charge is 0.337 e. The van der Waals surface area contributed by atoms with E-state index in [1.54, 1.807) is 6.92 Å². The van der Waals surface area contributed by atoms with E-state index in [0.29, 0.717) is 47.7 Å². The topological polar surface area (TPSA) is 77.9 Å². The van der Waals surface area contributed by atoms with Crippen LogP contribution >= 0.6 is 0 Å². The van der Waals surface area contributed by atoms with Crippen LogP contribution in [0.3, 0.4) is 0 Å². The zero-order chi connectivity index (χ0) is 27.8. The van der Waals surface area contributed by atoms with E-state index in [1.165, 1.54) is 6.07 Å². The zero-order valence-electron chi connectivity index (χ0n) is 23.2. The number of carboxylic acids is 1. The molecule has 1 aliphatic heterocycles. The monoisotopic (exact) mass is 521 g/mol. The predicted octanol–water partition coefficient (Wildman–Crippen LogP) is 7.14. The van der Waals surface area contributed by atoms with E-state index in [9.17, 15) is 9.90 Å². The van der Waals surface area contributed by atoms with Gasteiger partial charge in [0.2, 0.25) is 0 Å². The molecule has 1 aromatic heterocycles. The van der Waals surface area contributed by atoms with Gasteiger partial charge in [-0.3, -0.25) is 4.98 Å². The summed E-state index contributed by atoms with van der Waals surface area (Å²) in [6.45, 7) is 14.0. The van der Waals surface area contributed by atoms with E-state index in [-0.39, 0.29) is 5.75 Å². The minimum Gasteiger partial charge on any atom is -0.494 e. The Morgan fingerprint density at radius 1 is 1.13 bits per heavy atom. The third-order valence-corrected chi connectivity index (χ3v) is 6.72. The fourth-order valence-corrected chi connectivity index (χ4v) is 5.21. The Hall–Kier alpha value is -3.45. The van der Waals surface area contributed by atoms with Crippen LogP contribution in [0.1, 0.15) is 68.3 Å². The van der Waals surface area contributed by atoms with E-state index in [0.717, 1.165) is 34.4 Å². The number of benzene rings is 2. The number of fused-ring (bicyclic) bond motifs is 1. The van der Waals surface area contributed by atoms with Gasteiger partial charge >= 0.3 is 5.97 Å². The van der Waals surface area contributed by atoms with Crippen LogP contribution < -0.4 is 9.47 Å². The van der Waals surface area contributed by atoms with Gasteiger partial charge in [-0.1, -0.05) is 12.1 Å². The number of aryl methyl sites for hydroxylation is 2. The van der Waals surface area contributed by atoms with E-state index in [1.807, 2.05) is 65.8 Å². The van der Waals surface area contributed by atoms with Crippen LogP contribution in [0.15, 0.2) is 30.3 Å². The van der Waals surface area contributed by atoms with Crippen LogP contribution in [-0.2, 0) is 16.0 Å². The molecule has 1 N–H and O–H groups in total. The molecule has 0 saturated heterocycles. The highest BCUT2D eigenvalue weighted by molar-refractivity contribution is 5.92. The van der Waals surface area contributed by atoms with Gasteiger partial charge in [0.05, 0.1) is 18.8 Å². The first-order valence-corrected chi connectivity index (χ1v) is 13.0. The van der Waals surface area contributed by atoms with Crippen molar-refractivity contribution in [1.82, 2.24) is 4.98 Å². The standard InChI is InChI=1S/C31H36FNO5/c1-8-36-21-13-11-20(12-14-21)25-18(3)33-19(4)26(29(30(34)35)38-31(5,6)7)27(25)23-16-24(32)28-22(17(23)2)10-9-15-37-28/h11-14,16,29H,8-10,15H2,1-7H3,(H,34,35). The average Bonchev–Trinajstić information content (AvgIpc) is 2.85. The summed E-state index contributed by atoms with van der Waals surface area (Å²) in [4.78, 5) is 17.5. The normalized spacial score (nSPS) is 14.0. The minimum absolute atomic E-state index is 0.282. The Labute approximate surface area is 223 Å². The number of halogens is 1. The number of rotatable bonds is 7. The first-order valence-electron chi connectivity index (χ1n) is 13.0. The average molecular weight is 522 g/mol. The number of carboxylic acid groups (broad SMARTS) is 1. The van der Waals surface area contributed by atoms with Gasteiger partial charge in [-0.2, -0.15) is 0 Å². The molecule has 1 unspecified atom stereocenters. The van der Waals surface area contributed by atoms with E-state index >= 15 is 4.39 Å². The summed E-state index contributed by atoms with van der Waals surface area (Å²) in [6, 6.07) is 9.05. The van der Waals surface area contributed by atoms with Gasteiger partial charge in [-0.05, 0) is 102 Å². The summed E-state index contributed by atoms with van der Waals surface area (Å²) in [6.07, 6.45) is 0.160. The largest absolute Gasteiger partial charge is 0.494 e. The number of aromatic nitrogens is 1. The van der Waals surface area contributed by atoms with Crippen molar-refractivity contribution < 1.29 is 28.5 Å². The molecule has 202 valence electrons. The molecule has 7 heteroatoms. The second-order valence-corrected chi connectivity index (χ2v) is 10.6. The molecule has 4 rings (SSSR count). The van der Waals surface area contributed by atoms with Crippen LogP contribution in [0.5, 0.6) is 11.5 Å². The Morgan fingerprint density at radius 2 is 1.82 bits per heavy atom. The first kappa shape index (κ1) is 27.6. The minimum atomic E-state index is -1.31. The molecule has 0 radical (unpaired) electrons. The maximum Gasteiger partial charge on any atom is 0.337 e. The highest BCUT2D eigenvalue weighted by Crippen LogP contribution is 2.46. The van der Waals surface area contributed by atoms with Gasteiger partial charge in [0.1, 0.15) is 5.75 Å². The lowest BCUT2D eigenvalue weighted by Crippen LogP contribution is -2.28. The second-order valence-electron chi connectivity index (χ2n) is 10.6. The predicted molar refractivity (Wildman–Crippen MR) is 145 cm³/mol. The molecule has 1 atom stereocenters. The highest BCUT2D eigenvalue weighted by Gasteiger charge is 2.34. The van der Waals surface area contributed by atoms with Gasteiger partial charge in [0.15, 0.2) is 17.7 Å². The maximum atomic E-state index is 15.5. The lowest BCUT2D eigenvalue weighted by Gasteiger charge is -2.30. The van der Waals surface area contributed by atoms with Crippen molar-refractivity contribution >= 4 is 5.97 Å². The molecule has 1 aliphatic rings. The van der Waals surface area contributed by atoms with Crippen LogP contribution in [0, 0.1) is 26.6 Å². The molecule has 3 aromatic rings. The van der Waals surface area contributed by atoms with Crippen molar-refractivity contribution in [3.05, 3.63) is 64.2 Å². The summed E-state index contributed by atoms with van der Waals surface area (Å²) in [5.74, 6) is -0.583. The number of aliphatic carboxylic acids is 1. The van der Waals surface area contributed by atoms with Crippen LogP contribution in [-0.4, -0.2) is 34.9 Å². The quantitative estimate of drug-likeness (QED) is 0.356. The summed E-state index contributed by atoms with van der Waals surface area (Å²) < 4.78 is 33.0. The van der Waals surface area contributed by atoms with Gasteiger partial charge in [0, 0.05) is 28.1 Å². The molecule has 2 heterocycles. The summed E-state index contributed by atoms with van der Waals surface area (Å²) in [7, 11) is 0. The molecule has 0 aliphatic carbocycles. The fraction of sp³-hybridized carbons (Fsp3) is 0.419. The molecule has 2 aromatic carbocycles. The number of nitrogens with zero attached hydrogens (tertiary/aromatic N) is 1. The van der Waals surface area contributed by atoms with Crippen molar-refractivity contribution in [2.24, 2.45) is 0 Å². The molecule has 0 bridgehead atoms. The number of carbonyl (C=O) groups is 1. The Morgan fingerprint density at radius 3 is 2.42 bits per heavy atom. The SMILES string of the molecule is CCOc1ccc(-c2c(C)nc(C)c(C(OC(C)(C)C)C(=O)O)c2-c2cc(F)c3c(c2C)CCCO3)cc1. The molecule has 6 nitrogen and oxygen atoms in total. The highest BCUT2D eigenvalue weighted by atomic mass is 19.1. The molecule has 0 fully saturated rings. The lowest BCUT2D eigenvalue weighted by molar-refractivity contribution is -0.160. The molecular weight excluding hydrogens is 485 g/mol. The molecule has 0 saturated carbocycles. The lowest BCUT2D eigenvalue weighted by atomic mass is 9.83. The van der Waals surface area contributed by atoms with Gasteiger partial charge < -0.3 is 19.3 Å². The summed E-state index contributed by atoms with van der Waals surface area (Å²) in [5, 5.41) is 10.4. The molecule has 0 spiro atoms. The zero-order valence-corrected chi connectivity index (χ0v) is 23.2. The van der Waals surface area contributed by atoms with E-state index in [2.05, 4.69) is 0 Å². The Kier molecular flexibility index (Phi) is 7.79. The summed E-state index contributed by atoms with van der Waals surface area (Å²) >= 11 is 0. The van der Waals surface area contributed by atoms with E-state index in [4.69, 9.17) is 19.2 Å². The molecular formula is C31H36FNO5. The second kappa shape index (κ2) is 10.7. The van der Waals surface area contributed by atoms with Gasteiger partial charge in [-0.25, -0.2) is 9.18 Å². The maximum absolute atomic E-state index is 15.5. The number of hydrogen-bond acceptors (Lipinski definition) is 5. The van der Waals surface area contributed by atoms with Crippen molar-refractivity contribution in [3.63, 3.8) is 0 Å². The van der Waals surface area contributed by atoms with Crippen LogP contribution in [0.4, 0.5) is 4.39 Å². The van der Waals surface area contributed by atoms with E-state index < -0.39 is 23.5 Å². The molecule has 38 heavy (non-hydrogen) atoms. The summed E-state index contributed by atoms with van der Waals surface area (Å²) in [5.41, 5.74) is 5.35. The number of ether oxygens (including phenoxy) is 3. The third-order valence-electron chi connectivity index (χ3n) is 6.72. The molecule has 0 amide bonds. The Balaban J connectivity index is 2.11. The van der Waals surface area contributed by atoms with Crippen molar-refractivity contribution in [1.29, 1.82) is 0 Å². The number of pyridine rings is 1. The van der Waals surface area contributed by atoms with Crippen molar-refractivity contribution in [2.75, 3.05) is 13.2 Å². The first-order chi connectivity index (χ1) is 17.9. The fourth-order valence-electron chi connectivity index (χ4n) is 5.21. The van der Waals surface area contributed by atoms with Gasteiger partial charge in [0.25, 0.3) is 0 Å². The third kappa shape index (κ3) is 5.39. The van der Waals surface area contributed by atoms with Crippen LogP contribution in [0.25, 0.3) is 22.3 Å². The number of hydrogen-bond donors (Lipinski definition) is 1.